The summed E-state index contributed by atoms with van der Waals surface area (Å²) in [4.78, 5) is 18.9. The molecule has 0 saturated heterocycles. The lowest BCUT2D eigenvalue weighted by atomic mass is 10.3. The highest BCUT2D eigenvalue weighted by atomic mass is 35.5. The molecule has 0 aliphatic rings. The Morgan fingerprint density at radius 1 is 1.29 bits per heavy atom. The number of aryl methyl sites for hydroxylation is 1. The van der Waals surface area contributed by atoms with E-state index in [-0.39, 0.29) is 5.15 Å². The van der Waals surface area contributed by atoms with Gasteiger partial charge in [0.25, 0.3) is 0 Å². The Hall–Kier alpha value is -2.02. The van der Waals surface area contributed by atoms with Gasteiger partial charge >= 0.3 is 0 Å². The Morgan fingerprint density at radius 3 is 2.88 bits per heavy atom. The van der Waals surface area contributed by atoms with Crippen molar-refractivity contribution < 1.29 is 4.84 Å². The van der Waals surface area contributed by atoms with Gasteiger partial charge in [0, 0.05) is 30.2 Å². The molecular formula is C16H12Cl2N4OS. The maximum Gasteiger partial charge on any atom is 0.196 e. The molecule has 0 unspecified atom stereocenters. The van der Waals surface area contributed by atoms with Gasteiger partial charge in [-0.05, 0) is 26.0 Å². The van der Waals surface area contributed by atoms with Crippen LogP contribution in [0.2, 0.25) is 10.2 Å². The molecule has 122 valence electrons. The number of pyridine rings is 2. The van der Waals surface area contributed by atoms with Crippen molar-refractivity contribution in [3.63, 3.8) is 0 Å². The van der Waals surface area contributed by atoms with E-state index in [1.165, 1.54) is 17.5 Å². The normalized spacial score (nSPS) is 11.6. The molecule has 8 heteroatoms. The average Bonchev–Trinajstić information content (AvgIpc) is 2.98. The fraction of sp³-hybridized carbons (Fsp3) is 0.125. The fourth-order valence-corrected chi connectivity index (χ4v) is 3.25. The number of nitrogens with zero attached hydrogens (tertiary/aromatic N) is 4. The van der Waals surface area contributed by atoms with Crippen molar-refractivity contribution in [2.24, 2.45) is 5.16 Å². The van der Waals surface area contributed by atoms with Crippen molar-refractivity contribution in [1.29, 1.82) is 0 Å². The maximum atomic E-state index is 5.96. The van der Waals surface area contributed by atoms with Crippen LogP contribution in [0.15, 0.2) is 41.9 Å². The summed E-state index contributed by atoms with van der Waals surface area (Å²) in [5.74, 6) is 0.304. The minimum Gasteiger partial charge on any atom is -0.353 e. The van der Waals surface area contributed by atoms with Crippen LogP contribution in [0.4, 0.5) is 0 Å². The van der Waals surface area contributed by atoms with Crippen LogP contribution in [0.25, 0.3) is 10.6 Å². The maximum absolute atomic E-state index is 5.96. The highest BCUT2D eigenvalue weighted by Crippen LogP contribution is 2.29. The van der Waals surface area contributed by atoms with Crippen molar-refractivity contribution in [2.45, 2.75) is 13.8 Å². The van der Waals surface area contributed by atoms with E-state index < -0.39 is 0 Å². The molecule has 3 heterocycles. The third-order valence-corrected chi connectivity index (χ3v) is 4.89. The number of thiazole rings is 1. The van der Waals surface area contributed by atoms with Crippen LogP contribution < -0.4 is 4.84 Å². The van der Waals surface area contributed by atoms with Crippen molar-refractivity contribution in [3.05, 3.63) is 57.5 Å². The topological polar surface area (TPSA) is 60.3 Å². The van der Waals surface area contributed by atoms with Crippen molar-refractivity contribution in [3.8, 4) is 16.3 Å². The Kier molecular flexibility index (Phi) is 5.08. The largest absolute Gasteiger partial charge is 0.353 e. The number of hydrogen-bond acceptors (Lipinski definition) is 6. The van der Waals surface area contributed by atoms with Crippen LogP contribution in [0.1, 0.15) is 17.5 Å². The second-order valence-electron chi connectivity index (χ2n) is 4.89. The van der Waals surface area contributed by atoms with Crippen LogP contribution in [0.3, 0.4) is 0 Å². The number of oxime groups is 1. The van der Waals surface area contributed by atoms with Gasteiger partial charge in [-0.1, -0.05) is 28.4 Å². The Morgan fingerprint density at radius 2 is 2.12 bits per heavy atom. The predicted molar refractivity (Wildman–Crippen MR) is 97.2 cm³/mol. The summed E-state index contributed by atoms with van der Waals surface area (Å²) in [7, 11) is 0. The van der Waals surface area contributed by atoms with E-state index in [1.54, 1.807) is 18.5 Å². The van der Waals surface area contributed by atoms with Crippen LogP contribution in [-0.2, 0) is 0 Å². The van der Waals surface area contributed by atoms with Crippen LogP contribution >= 0.6 is 34.5 Å². The van der Waals surface area contributed by atoms with E-state index in [1.807, 2.05) is 26.0 Å². The molecule has 0 aliphatic heterocycles. The average molecular weight is 379 g/mol. The predicted octanol–water partition coefficient (Wildman–Crippen LogP) is 5.02. The van der Waals surface area contributed by atoms with Gasteiger partial charge in [0.05, 0.1) is 21.3 Å². The van der Waals surface area contributed by atoms with Gasteiger partial charge in [-0.15, -0.1) is 11.3 Å². The molecule has 3 rings (SSSR count). The summed E-state index contributed by atoms with van der Waals surface area (Å²) >= 11 is 13.4. The number of hydrogen-bond donors (Lipinski definition) is 0. The highest BCUT2D eigenvalue weighted by molar-refractivity contribution is 7.17. The molecule has 0 amide bonds. The summed E-state index contributed by atoms with van der Waals surface area (Å²) in [5.41, 5.74) is 2.53. The molecule has 3 aromatic heterocycles. The molecule has 3 aromatic rings. The zero-order valence-electron chi connectivity index (χ0n) is 12.8. The van der Waals surface area contributed by atoms with E-state index in [9.17, 15) is 0 Å². The molecule has 0 aromatic carbocycles. The van der Waals surface area contributed by atoms with Crippen LogP contribution in [0, 0.1) is 6.92 Å². The second-order valence-corrected chi connectivity index (χ2v) is 6.68. The Labute approximate surface area is 153 Å². The first-order valence-corrected chi connectivity index (χ1v) is 8.52. The number of rotatable bonds is 4. The first kappa shape index (κ1) is 16.8. The molecule has 24 heavy (non-hydrogen) atoms. The molecule has 0 fully saturated rings. The van der Waals surface area contributed by atoms with Gasteiger partial charge in [0.1, 0.15) is 5.01 Å². The molecule has 0 radical (unpaired) electrons. The lowest BCUT2D eigenvalue weighted by molar-refractivity contribution is 0.340. The molecule has 0 spiro atoms. The zero-order chi connectivity index (χ0) is 17.1. The molecule has 0 saturated carbocycles. The van der Waals surface area contributed by atoms with E-state index in [2.05, 4.69) is 20.1 Å². The first-order valence-electron chi connectivity index (χ1n) is 6.95. The van der Waals surface area contributed by atoms with Crippen molar-refractivity contribution in [1.82, 2.24) is 15.0 Å². The molecule has 0 bridgehead atoms. The lowest BCUT2D eigenvalue weighted by Gasteiger charge is -2.02. The van der Waals surface area contributed by atoms with E-state index in [0.717, 1.165) is 21.1 Å². The van der Waals surface area contributed by atoms with Gasteiger partial charge in [-0.3, -0.25) is 4.98 Å². The van der Waals surface area contributed by atoms with Gasteiger partial charge in [0.15, 0.2) is 10.9 Å². The monoisotopic (exact) mass is 378 g/mol. The van der Waals surface area contributed by atoms with Crippen LogP contribution in [0.5, 0.6) is 5.75 Å². The lowest BCUT2D eigenvalue weighted by Crippen LogP contribution is -1.98. The summed E-state index contributed by atoms with van der Waals surface area (Å²) in [5, 5.41) is 5.63. The molecule has 5 nitrogen and oxygen atoms in total. The minimum absolute atomic E-state index is 0.202. The molecule has 0 N–H and O–H groups in total. The Bertz CT molecular complexity index is 896. The van der Waals surface area contributed by atoms with Gasteiger partial charge in [-0.25, -0.2) is 9.97 Å². The van der Waals surface area contributed by atoms with Crippen molar-refractivity contribution in [2.75, 3.05) is 0 Å². The summed E-state index contributed by atoms with van der Waals surface area (Å²) in [6.45, 7) is 3.78. The molecule has 0 atom stereocenters. The van der Waals surface area contributed by atoms with E-state index in [4.69, 9.17) is 28.0 Å². The second kappa shape index (κ2) is 7.25. The molecular weight excluding hydrogens is 367 g/mol. The molecule has 0 aliphatic carbocycles. The quantitative estimate of drug-likeness (QED) is 0.363. The highest BCUT2D eigenvalue weighted by Gasteiger charge is 2.13. The number of aromatic nitrogens is 3. The van der Waals surface area contributed by atoms with E-state index in [0.29, 0.717) is 16.5 Å². The van der Waals surface area contributed by atoms with Crippen LogP contribution in [-0.4, -0.2) is 20.7 Å². The summed E-state index contributed by atoms with van der Waals surface area (Å²) in [6.07, 6.45) is 4.96. The number of halogens is 2. The van der Waals surface area contributed by atoms with E-state index >= 15 is 0 Å². The van der Waals surface area contributed by atoms with Crippen molar-refractivity contribution >= 4 is 40.3 Å². The Balaban J connectivity index is 1.86. The smallest absolute Gasteiger partial charge is 0.196 e. The van der Waals surface area contributed by atoms with Gasteiger partial charge in [0.2, 0.25) is 0 Å². The summed E-state index contributed by atoms with van der Waals surface area (Å²) < 4.78 is 0. The SMILES string of the molecule is C/C(=N\Oc1cc(Cl)cnc1Cl)c1sc(-c2cccnc2)nc1C. The third-order valence-electron chi connectivity index (χ3n) is 3.09. The third kappa shape index (κ3) is 3.72. The van der Waals surface area contributed by atoms with Gasteiger partial charge in [-0.2, -0.15) is 0 Å². The summed E-state index contributed by atoms with van der Waals surface area (Å²) in [6, 6.07) is 5.41. The van der Waals surface area contributed by atoms with Gasteiger partial charge < -0.3 is 4.84 Å². The zero-order valence-corrected chi connectivity index (χ0v) is 15.2. The fourth-order valence-electron chi connectivity index (χ4n) is 1.97. The first-order chi connectivity index (χ1) is 11.5. The minimum atomic E-state index is 0.202. The standard InChI is InChI=1S/C16H12Cl2N4OS/c1-9-14(24-16(21-9)11-4-3-5-19-7-11)10(2)22-23-13-6-12(17)8-20-15(13)18/h3-8H,1-2H3/b22-10+.